The van der Waals surface area contributed by atoms with E-state index in [9.17, 15) is 9.90 Å². The van der Waals surface area contributed by atoms with Gasteiger partial charge in [-0.15, -0.1) is 0 Å². The fraction of sp³-hybridized carbons (Fsp3) is 0.261. The summed E-state index contributed by atoms with van der Waals surface area (Å²) in [5.41, 5.74) is 6.29. The lowest BCUT2D eigenvalue weighted by Gasteiger charge is -2.32. The number of fused-ring (bicyclic) bond motifs is 1. The van der Waals surface area contributed by atoms with Crippen LogP contribution in [0.15, 0.2) is 52.9 Å². The van der Waals surface area contributed by atoms with E-state index in [4.69, 9.17) is 21.8 Å². The van der Waals surface area contributed by atoms with Crippen LogP contribution in [0.1, 0.15) is 53.3 Å². The van der Waals surface area contributed by atoms with Gasteiger partial charge in [-0.3, -0.25) is 4.79 Å². The number of nitrogens with two attached hydrogens (primary N) is 1. The number of amides is 1. The average molecular weight is 394 g/mol. The zero-order valence-electron chi connectivity index (χ0n) is 15.2. The smallest absolute Gasteiger partial charge is 0.252 e. The predicted molar refractivity (Wildman–Crippen MR) is 109 cm³/mol. The second-order valence-electron chi connectivity index (χ2n) is 7.29. The van der Waals surface area contributed by atoms with Crippen LogP contribution in [0, 0.1) is 11.8 Å². The molecule has 3 aromatic rings. The van der Waals surface area contributed by atoms with Gasteiger partial charge < -0.3 is 15.3 Å². The lowest BCUT2D eigenvalue weighted by Crippen LogP contribution is -2.33. The zero-order valence-corrected chi connectivity index (χ0v) is 16.0. The van der Waals surface area contributed by atoms with Gasteiger partial charge in [-0.2, -0.15) is 0 Å². The molecule has 0 spiro atoms. The number of aliphatic hydroxyl groups is 1. The van der Waals surface area contributed by atoms with Crippen LogP contribution in [0.25, 0.3) is 11.0 Å². The molecule has 5 heteroatoms. The monoisotopic (exact) mass is 393 g/mol. The molecule has 0 radical (unpaired) electrons. The van der Waals surface area contributed by atoms with Gasteiger partial charge in [-0.05, 0) is 49.9 Å². The largest absolute Gasteiger partial charge is 0.460 e. The summed E-state index contributed by atoms with van der Waals surface area (Å²) < 4.78 is 5.99. The Labute approximate surface area is 168 Å². The third kappa shape index (κ3) is 3.64. The minimum absolute atomic E-state index is 0.123. The molecule has 0 bridgehead atoms. The van der Waals surface area contributed by atoms with E-state index < -0.39 is 11.5 Å². The van der Waals surface area contributed by atoms with Crippen molar-refractivity contribution in [1.29, 1.82) is 0 Å². The second-order valence-corrected chi connectivity index (χ2v) is 7.72. The summed E-state index contributed by atoms with van der Waals surface area (Å²) in [6.07, 6.45) is 2.55. The number of hydrogen-bond donors (Lipinski definition) is 2. The van der Waals surface area contributed by atoms with Crippen LogP contribution in [0.4, 0.5) is 0 Å². The topological polar surface area (TPSA) is 76.5 Å². The quantitative estimate of drug-likeness (QED) is 0.623. The Balaban J connectivity index is 1.67. The summed E-state index contributed by atoms with van der Waals surface area (Å²) in [5.74, 6) is 5.95. The van der Waals surface area contributed by atoms with Crippen molar-refractivity contribution in [2.24, 2.45) is 5.73 Å². The Kier molecular flexibility index (Phi) is 4.89. The van der Waals surface area contributed by atoms with E-state index >= 15 is 0 Å². The van der Waals surface area contributed by atoms with Crippen molar-refractivity contribution in [3.63, 3.8) is 0 Å². The SMILES string of the molecule is NC(=O)c1c([C@H]2CCC[C@@](O)(C#Cc3cccc(Cl)c3)C2)oc2ccccc12. The molecule has 1 aliphatic carbocycles. The molecular formula is C23H20ClNO3. The summed E-state index contributed by atoms with van der Waals surface area (Å²) in [6, 6.07) is 14.6. The van der Waals surface area contributed by atoms with Crippen molar-refractivity contribution in [1.82, 2.24) is 0 Å². The highest BCUT2D eigenvalue weighted by atomic mass is 35.5. The maximum Gasteiger partial charge on any atom is 0.252 e. The number of benzene rings is 2. The van der Waals surface area contributed by atoms with Crippen LogP contribution >= 0.6 is 11.6 Å². The molecule has 1 amide bonds. The van der Waals surface area contributed by atoms with Crippen molar-refractivity contribution in [2.45, 2.75) is 37.2 Å². The Morgan fingerprint density at radius 2 is 2.07 bits per heavy atom. The molecule has 2 aromatic carbocycles. The molecule has 0 aliphatic heterocycles. The molecule has 28 heavy (non-hydrogen) atoms. The van der Waals surface area contributed by atoms with E-state index in [1.54, 1.807) is 12.1 Å². The molecule has 4 rings (SSSR count). The van der Waals surface area contributed by atoms with Gasteiger partial charge in [0, 0.05) is 21.9 Å². The Morgan fingerprint density at radius 3 is 2.86 bits per heavy atom. The molecule has 2 atom stereocenters. The molecular weight excluding hydrogens is 374 g/mol. The number of carbonyl (C=O) groups is 1. The summed E-state index contributed by atoms with van der Waals surface area (Å²) in [6.45, 7) is 0. The number of rotatable bonds is 2. The van der Waals surface area contributed by atoms with E-state index in [0.717, 1.165) is 18.4 Å². The van der Waals surface area contributed by atoms with Crippen molar-refractivity contribution in [3.8, 4) is 11.8 Å². The molecule has 0 saturated heterocycles. The van der Waals surface area contributed by atoms with Crippen molar-refractivity contribution in [3.05, 3.63) is 70.4 Å². The number of halogens is 1. The van der Waals surface area contributed by atoms with Crippen LogP contribution in [-0.4, -0.2) is 16.6 Å². The van der Waals surface area contributed by atoms with Gasteiger partial charge in [-0.1, -0.05) is 47.7 Å². The first-order chi connectivity index (χ1) is 13.5. The molecule has 4 nitrogen and oxygen atoms in total. The zero-order chi connectivity index (χ0) is 19.7. The Hall–Kier alpha value is -2.74. The molecule has 1 aliphatic rings. The summed E-state index contributed by atoms with van der Waals surface area (Å²) in [5, 5.41) is 12.4. The van der Waals surface area contributed by atoms with E-state index in [2.05, 4.69) is 11.8 Å². The fourth-order valence-corrected chi connectivity index (χ4v) is 4.14. The van der Waals surface area contributed by atoms with Crippen LogP contribution in [0.5, 0.6) is 0 Å². The molecule has 1 aromatic heterocycles. The van der Waals surface area contributed by atoms with E-state index in [0.29, 0.717) is 40.2 Å². The van der Waals surface area contributed by atoms with Crippen molar-refractivity contribution < 1.29 is 14.3 Å². The van der Waals surface area contributed by atoms with Gasteiger partial charge in [0.05, 0.1) is 5.56 Å². The minimum Gasteiger partial charge on any atom is -0.460 e. The minimum atomic E-state index is -1.15. The molecule has 1 saturated carbocycles. The molecule has 1 heterocycles. The molecule has 142 valence electrons. The third-order valence-corrected chi connectivity index (χ3v) is 5.47. The van der Waals surface area contributed by atoms with E-state index in [1.807, 2.05) is 36.4 Å². The van der Waals surface area contributed by atoms with E-state index in [-0.39, 0.29) is 5.92 Å². The average Bonchev–Trinajstić information content (AvgIpc) is 3.07. The number of furan rings is 1. The summed E-state index contributed by atoms with van der Waals surface area (Å²) in [4.78, 5) is 12.1. The maximum absolute atomic E-state index is 12.1. The van der Waals surface area contributed by atoms with Gasteiger partial charge in [0.25, 0.3) is 5.91 Å². The van der Waals surface area contributed by atoms with Gasteiger partial charge in [0.15, 0.2) is 0 Å². The second kappa shape index (κ2) is 7.35. The van der Waals surface area contributed by atoms with Crippen molar-refractivity contribution in [2.75, 3.05) is 0 Å². The van der Waals surface area contributed by atoms with Crippen LogP contribution in [0.3, 0.4) is 0 Å². The fourth-order valence-electron chi connectivity index (χ4n) is 3.95. The predicted octanol–water partition coefficient (Wildman–Crippen LogP) is 4.63. The highest BCUT2D eigenvalue weighted by molar-refractivity contribution is 6.30. The Bertz CT molecular complexity index is 1110. The lowest BCUT2D eigenvalue weighted by molar-refractivity contribution is 0.0485. The Morgan fingerprint density at radius 1 is 1.25 bits per heavy atom. The number of carbonyl (C=O) groups excluding carboxylic acids is 1. The number of primary amides is 1. The standard InChI is InChI=1S/C23H20ClNO3/c24-17-7-3-5-15(13-17)10-12-23(27)11-4-6-16(14-23)21-20(22(25)26)18-8-1-2-9-19(18)28-21/h1-3,5,7-9,13,16,27H,4,6,11,14H2,(H2,25,26)/t16-,23+/m0/s1. The lowest BCUT2D eigenvalue weighted by atomic mass is 9.76. The first-order valence-corrected chi connectivity index (χ1v) is 9.65. The first kappa shape index (κ1) is 18.6. The third-order valence-electron chi connectivity index (χ3n) is 5.23. The highest BCUT2D eigenvalue weighted by Gasteiger charge is 2.37. The van der Waals surface area contributed by atoms with Crippen molar-refractivity contribution >= 4 is 28.5 Å². The number of hydrogen-bond acceptors (Lipinski definition) is 3. The molecule has 1 fully saturated rings. The highest BCUT2D eigenvalue weighted by Crippen LogP contribution is 2.42. The van der Waals surface area contributed by atoms with Gasteiger partial charge in [0.1, 0.15) is 16.9 Å². The normalized spacial score (nSPS) is 21.9. The van der Waals surface area contributed by atoms with Crippen LogP contribution in [-0.2, 0) is 0 Å². The van der Waals surface area contributed by atoms with Gasteiger partial charge >= 0.3 is 0 Å². The summed E-state index contributed by atoms with van der Waals surface area (Å²) >= 11 is 6.00. The summed E-state index contributed by atoms with van der Waals surface area (Å²) in [7, 11) is 0. The van der Waals surface area contributed by atoms with E-state index in [1.165, 1.54) is 0 Å². The first-order valence-electron chi connectivity index (χ1n) is 9.27. The van der Waals surface area contributed by atoms with Gasteiger partial charge in [-0.25, -0.2) is 0 Å². The molecule has 0 unspecified atom stereocenters. The van der Waals surface area contributed by atoms with Crippen LogP contribution in [0.2, 0.25) is 5.02 Å². The number of para-hydroxylation sites is 1. The molecule has 3 N–H and O–H groups in total. The van der Waals surface area contributed by atoms with Crippen LogP contribution < -0.4 is 5.73 Å². The van der Waals surface area contributed by atoms with Gasteiger partial charge in [0.2, 0.25) is 0 Å². The maximum atomic E-state index is 12.1.